The van der Waals surface area contributed by atoms with E-state index in [4.69, 9.17) is 5.11 Å². The van der Waals surface area contributed by atoms with Crippen molar-refractivity contribution in [2.45, 2.75) is 24.2 Å². The summed E-state index contributed by atoms with van der Waals surface area (Å²) in [7, 11) is 0. The Morgan fingerprint density at radius 3 is 2.69 bits per heavy atom. The molecule has 0 spiro atoms. The van der Waals surface area contributed by atoms with Gasteiger partial charge in [-0.3, -0.25) is 10.1 Å². The van der Waals surface area contributed by atoms with Crippen LogP contribution in [-0.4, -0.2) is 22.4 Å². The molecule has 0 atom stereocenters. The average Bonchev–Trinajstić information content (AvgIpc) is 2.29. The van der Waals surface area contributed by atoms with Crippen LogP contribution in [0.4, 0.5) is 5.69 Å². The topological polar surface area (TPSA) is 63.4 Å². The fourth-order valence-corrected chi connectivity index (χ4v) is 2.34. The molecule has 0 bridgehead atoms. The zero-order chi connectivity index (χ0) is 11.8. The molecule has 16 heavy (non-hydrogen) atoms. The largest absolute Gasteiger partial charge is 0.396 e. The first-order valence-corrected chi connectivity index (χ1v) is 6.21. The number of aliphatic hydroxyl groups excluding tert-OH is 1. The Kier molecular flexibility index (Phi) is 5.88. The van der Waals surface area contributed by atoms with Crippen LogP contribution in [-0.2, 0) is 0 Å². The van der Waals surface area contributed by atoms with Crippen molar-refractivity contribution >= 4 is 17.4 Å². The van der Waals surface area contributed by atoms with Gasteiger partial charge in [0.25, 0.3) is 5.69 Å². The highest BCUT2D eigenvalue weighted by Crippen LogP contribution is 2.29. The van der Waals surface area contributed by atoms with E-state index in [9.17, 15) is 10.1 Å². The number of nitro benzene ring substituents is 1. The van der Waals surface area contributed by atoms with Crippen LogP contribution in [0.3, 0.4) is 0 Å². The van der Waals surface area contributed by atoms with Gasteiger partial charge in [0.15, 0.2) is 0 Å². The lowest BCUT2D eigenvalue weighted by molar-refractivity contribution is -0.387. The normalized spacial score (nSPS) is 10.3. The summed E-state index contributed by atoms with van der Waals surface area (Å²) in [6.07, 6.45) is 2.73. The Labute approximate surface area is 98.8 Å². The molecule has 1 N–H and O–H groups in total. The van der Waals surface area contributed by atoms with Crippen molar-refractivity contribution in [3.8, 4) is 0 Å². The minimum atomic E-state index is -0.351. The van der Waals surface area contributed by atoms with Gasteiger partial charge in [0.05, 0.1) is 9.82 Å². The third-order valence-electron chi connectivity index (χ3n) is 2.12. The van der Waals surface area contributed by atoms with Crippen molar-refractivity contribution in [3.05, 3.63) is 34.4 Å². The molecule has 88 valence electrons. The molecule has 0 saturated carbocycles. The summed E-state index contributed by atoms with van der Waals surface area (Å²) in [5.74, 6) is 0.852. The molecule has 1 aromatic carbocycles. The summed E-state index contributed by atoms with van der Waals surface area (Å²) < 4.78 is 0. The quantitative estimate of drug-likeness (QED) is 0.345. The van der Waals surface area contributed by atoms with Gasteiger partial charge in [-0.2, -0.15) is 0 Å². The van der Waals surface area contributed by atoms with Crippen molar-refractivity contribution in [2.24, 2.45) is 0 Å². The van der Waals surface area contributed by atoms with Crippen molar-refractivity contribution in [1.29, 1.82) is 0 Å². The summed E-state index contributed by atoms with van der Waals surface area (Å²) in [5, 5.41) is 19.3. The van der Waals surface area contributed by atoms with E-state index in [0.29, 0.717) is 0 Å². The van der Waals surface area contributed by atoms with Crippen molar-refractivity contribution in [3.63, 3.8) is 0 Å². The monoisotopic (exact) mass is 241 g/mol. The first-order chi connectivity index (χ1) is 7.75. The molecule has 0 aliphatic carbocycles. The molecule has 0 aliphatic rings. The van der Waals surface area contributed by atoms with Crippen LogP contribution >= 0.6 is 11.8 Å². The predicted octanol–water partition coefficient (Wildman–Crippen LogP) is 2.85. The number of para-hydroxylation sites is 1. The molecule has 0 heterocycles. The van der Waals surface area contributed by atoms with E-state index in [1.165, 1.54) is 17.8 Å². The van der Waals surface area contributed by atoms with Crippen LogP contribution in [0.5, 0.6) is 0 Å². The molecule has 0 aliphatic heterocycles. The zero-order valence-corrected chi connectivity index (χ0v) is 9.78. The van der Waals surface area contributed by atoms with Gasteiger partial charge in [-0.1, -0.05) is 18.6 Å². The summed E-state index contributed by atoms with van der Waals surface area (Å²) in [6.45, 7) is 0.218. The second-order valence-corrected chi connectivity index (χ2v) is 4.49. The van der Waals surface area contributed by atoms with Gasteiger partial charge in [0, 0.05) is 12.7 Å². The maximum Gasteiger partial charge on any atom is 0.282 e. The van der Waals surface area contributed by atoms with E-state index >= 15 is 0 Å². The van der Waals surface area contributed by atoms with E-state index in [-0.39, 0.29) is 17.2 Å². The number of aliphatic hydroxyl groups is 1. The van der Waals surface area contributed by atoms with Gasteiger partial charge < -0.3 is 5.11 Å². The van der Waals surface area contributed by atoms with Crippen molar-refractivity contribution in [1.82, 2.24) is 0 Å². The molecule has 0 saturated heterocycles. The van der Waals surface area contributed by atoms with Gasteiger partial charge >= 0.3 is 0 Å². The Bertz CT molecular complexity index is 344. The number of nitro groups is 1. The lowest BCUT2D eigenvalue weighted by Gasteiger charge is -2.02. The lowest BCUT2D eigenvalue weighted by Crippen LogP contribution is -1.91. The van der Waals surface area contributed by atoms with Crippen molar-refractivity contribution < 1.29 is 10.0 Å². The number of benzene rings is 1. The van der Waals surface area contributed by atoms with Gasteiger partial charge in [-0.25, -0.2) is 0 Å². The number of unbranched alkanes of at least 4 members (excludes halogenated alkanes) is 2. The number of rotatable bonds is 7. The molecular formula is C11H15NO3S. The van der Waals surface area contributed by atoms with Gasteiger partial charge in [0.1, 0.15) is 0 Å². The highest BCUT2D eigenvalue weighted by atomic mass is 32.2. The van der Waals surface area contributed by atoms with Gasteiger partial charge in [0.2, 0.25) is 0 Å². The number of hydrogen-bond donors (Lipinski definition) is 1. The SMILES string of the molecule is O=[N+]([O-])c1ccccc1SCCCCCO. The minimum absolute atomic E-state index is 0.176. The zero-order valence-electron chi connectivity index (χ0n) is 8.96. The summed E-state index contributed by atoms with van der Waals surface area (Å²) in [6, 6.07) is 6.78. The molecule has 5 heteroatoms. The Morgan fingerprint density at radius 1 is 1.25 bits per heavy atom. The average molecular weight is 241 g/mol. The number of thioether (sulfide) groups is 1. The first kappa shape index (κ1) is 13.0. The molecule has 1 rings (SSSR count). The van der Waals surface area contributed by atoms with Crippen LogP contribution in [0.1, 0.15) is 19.3 Å². The Balaban J connectivity index is 2.44. The van der Waals surface area contributed by atoms with E-state index in [1.54, 1.807) is 12.1 Å². The second-order valence-electron chi connectivity index (χ2n) is 3.36. The summed E-state index contributed by atoms with van der Waals surface area (Å²) >= 11 is 1.50. The molecule has 0 aromatic heterocycles. The van der Waals surface area contributed by atoms with Crippen molar-refractivity contribution in [2.75, 3.05) is 12.4 Å². The number of nitrogens with zero attached hydrogens (tertiary/aromatic N) is 1. The van der Waals surface area contributed by atoms with Crippen LogP contribution in [0.15, 0.2) is 29.2 Å². The molecule has 1 aromatic rings. The lowest BCUT2D eigenvalue weighted by atomic mass is 10.3. The predicted molar refractivity (Wildman–Crippen MR) is 64.8 cm³/mol. The Morgan fingerprint density at radius 2 is 2.00 bits per heavy atom. The van der Waals surface area contributed by atoms with E-state index in [0.717, 1.165) is 29.9 Å². The minimum Gasteiger partial charge on any atom is -0.396 e. The maximum absolute atomic E-state index is 10.7. The maximum atomic E-state index is 10.7. The van der Waals surface area contributed by atoms with Crippen LogP contribution in [0.25, 0.3) is 0 Å². The van der Waals surface area contributed by atoms with Gasteiger partial charge in [-0.05, 0) is 24.7 Å². The van der Waals surface area contributed by atoms with E-state index < -0.39 is 0 Å². The van der Waals surface area contributed by atoms with Crippen LogP contribution < -0.4 is 0 Å². The molecule has 0 unspecified atom stereocenters. The first-order valence-electron chi connectivity index (χ1n) is 5.23. The standard InChI is InChI=1S/C11H15NO3S/c13-8-4-1-5-9-16-11-7-3-2-6-10(11)12(14)15/h2-3,6-7,13H,1,4-5,8-9H2. The summed E-state index contributed by atoms with van der Waals surface area (Å²) in [5.41, 5.74) is 0.176. The smallest absolute Gasteiger partial charge is 0.282 e. The highest BCUT2D eigenvalue weighted by Gasteiger charge is 2.11. The molecule has 0 fully saturated rings. The summed E-state index contributed by atoms with van der Waals surface area (Å²) in [4.78, 5) is 11.1. The van der Waals surface area contributed by atoms with E-state index in [1.807, 2.05) is 6.07 Å². The highest BCUT2D eigenvalue weighted by molar-refractivity contribution is 7.99. The second kappa shape index (κ2) is 7.24. The molecule has 4 nitrogen and oxygen atoms in total. The Hall–Kier alpha value is -1.07. The van der Waals surface area contributed by atoms with Gasteiger partial charge in [-0.15, -0.1) is 11.8 Å². The van der Waals surface area contributed by atoms with Crippen LogP contribution in [0.2, 0.25) is 0 Å². The third-order valence-corrected chi connectivity index (χ3v) is 3.27. The molecular weight excluding hydrogens is 226 g/mol. The fourth-order valence-electron chi connectivity index (χ4n) is 1.30. The van der Waals surface area contributed by atoms with Crippen LogP contribution in [0, 0.1) is 10.1 Å². The molecule has 0 radical (unpaired) electrons. The fraction of sp³-hybridized carbons (Fsp3) is 0.455. The molecule has 0 amide bonds. The number of hydrogen-bond acceptors (Lipinski definition) is 4. The third kappa shape index (κ3) is 4.20. The van der Waals surface area contributed by atoms with E-state index in [2.05, 4.69) is 0 Å².